The molecule has 0 aliphatic carbocycles. The minimum Gasteiger partial charge on any atom is -0.353 e. The van der Waals surface area contributed by atoms with Gasteiger partial charge < -0.3 is 10.2 Å². The van der Waals surface area contributed by atoms with E-state index in [0.29, 0.717) is 6.42 Å². The largest absolute Gasteiger partial charge is 0.353 e. The smallest absolute Gasteiger partial charge is 0.222 e. The molecule has 0 atom stereocenters. The molecular formula is C18H26N2O2. The third-order valence-electron chi connectivity index (χ3n) is 4.19. The Balaban J connectivity index is 1.72. The van der Waals surface area contributed by atoms with Gasteiger partial charge in [0.1, 0.15) is 0 Å². The molecule has 2 amide bonds. The van der Waals surface area contributed by atoms with Gasteiger partial charge in [0.05, 0.1) is 0 Å². The Morgan fingerprint density at radius 1 is 1.18 bits per heavy atom. The Kier molecular flexibility index (Phi) is 5.99. The third-order valence-corrected chi connectivity index (χ3v) is 4.19. The monoisotopic (exact) mass is 302 g/mol. The molecule has 0 unspecified atom stereocenters. The van der Waals surface area contributed by atoms with Crippen molar-refractivity contribution >= 4 is 11.8 Å². The molecule has 1 fully saturated rings. The lowest BCUT2D eigenvalue weighted by Gasteiger charge is -2.32. The van der Waals surface area contributed by atoms with E-state index in [1.54, 1.807) is 0 Å². The molecule has 0 radical (unpaired) electrons. The Hall–Kier alpha value is -1.84. The minimum absolute atomic E-state index is 0.0190. The number of carbonyl (C=O) groups excluding carboxylic acids is 2. The first-order valence-electron chi connectivity index (χ1n) is 8.18. The number of hydrogen-bond donors (Lipinski definition) is 1. The van der Waals surface area contributed by atoms with Crippen LogP contribution >= 0.6 is 0 Å². The number of rotatable bonds is 5. The zero-order valence-electron chi connectivity index (χ0n) is 13.5. The average molecular weight is 302 g/mol. The number of carbonyl (C=O) groups is 2. The van der Waals surface area contributed by atoms with Crippen LogP contribution in [-0.2, 0) is 16.0 Å². The molecule has 22 heavy (non-hydrogen) atoms. The Bertz CT molecular complexity index is 491. The third kappa shape index (κ3) is 4.86. The van der Waals surface area contributed by atoms with Crippen molar-refractivity contribution < 1.29 is 9.59 Å². The second-order valence-electron chi connectivity index (χ2n) is 6.30. The average Bonchev–Trinajstić information content (AvgIpc) is 2.54. The molecule has 2 rings (SSSR count). The zero-order valence-corrected chi connectivity index (χ0v) is 13.5. The molecule has 1 aromatic carbocycles. The summed E-state index contributed by atoms with van der Waals surface area (Å²) in [4.78, 5) is 25.9. The van der Waals surface area contributed by atoms with E-state index < -0.39 is 0 Å². The molecule has 120 valence electrons. The Morgan fingerprint density at radius 3 is 2.41 bits per heavy atom. The van der Waals surface area contributed by atoms with Crippen LogP contribution in [0.1, 0.15) is 38.7 Å². The molecular weight excluding hydrogens is 276 g/mol. The number of amides is 2. The normalized spacial score (nSPS) is 15.9. The van der Waals surface area contributed by atoms with Crippen molar-refractivity contribution in [1.29, 1.82) is 0 Å². The molecule has 1 aliphatic rings. The van der Waals surface area contributed by atoms with Gasteiger partial charge in [-0.25, -0.2) is 0 Å². The van der Waals surface area contributed by atoms with Crippen molar-refractivity contribution in [2.45, 2.75) is 45.6 Å². The van der Waals surface area contributed by atoms with E-state index in [1.807, 2.05) is 36.9 Å². The van der Waals surface area contributed by atoms with Crippen molar-refractivity contribution in [2.24, 2.45) is 5.92 Å². The van der Waals surface area contributed by atoms with Crippen molar-refractivity contribution in [2.75, 3.05) is 13.1 Å². The standard InChI is InChI=1S/C18H26N2O2/c1-14(2)18(22)19-16-10-12-20(13-11-16)17(21)9-8-15-6-4-3-5-7-15/h3-7,14,16H,8-13H2,1-2H3,(H,19,22). The maximum atomic E-state index is 12.2. The van der Waals surface area contributed by atoms with Gasteiger partial charge in [0.2, 0.25) is 11.8 Å². The van der Waals surface area contributed by atoms with Gasteiger partial charge in [-0.3, -0.25) is 9.59 Å². The molecule has 0 aromatic heterocycles. The maximum absolute atomic E-state index is 12.2. The van der Waals surface area contributed by atoms with Gasteiger partial charge >= 0.3 is 0 Å². The fourth-order valence-electron chi connectivity index (χ4n) is 2.70. The van der Waals surface area contributed by atoms with E-state index >= 15 is 0 Å². The second kappa shape index (κ2) is 7.97. The highest BCUT2D eigenvalue weighted by atomic mass is 16.2. The highest BCUT2D eigenvalue weighted by Gasteiger charge is 2.24. The van der Waals surface area contributed by atoms with Crippen LogP contribution in [0.15, 0.2) is 30.3 Å². The molecule has 0 bridgehead atoms. The molecule has 1 heterocycles. The van der Waals surface area contributed by atoms with Gasteiger partial charge in [0.25, 0.3) is 0 Å². The summed E-state index contributed by atoms with van der Waals surface area (Å²) in [5.41, 5.74) is 1.20. The molecule has 4 nitrogen and oxygen atoms in total. The molecule has 4 heteroatoms. The van der Waals surface area contributed by atoms with Crippen LogP contribution < -0.4 is 5.32 Å². The number of likely N-dealkylation sites (tertiary alicyclic amines) is 1. The summed E-state index contributed by atoms with van der Waals surface area (Å²) in [6, 6.07) is 10.3. The van der Waals surface area contributed by atoms with Crippen molar-refractivity contribution in [3.63, 3.8) is 0 Å². The summed E-state index contributed by atoms with van der Waals surface area (Å²) < 4.78 is 0. The summed E-state index contributed by atoms with van der Waals surface area (Å²) >= 11 is 0. The number of benzene rings is 1. The summed E-state index contributed by atoms with van der Waals surface area (Å²) in [5.74, 6) is 0.344. The van der Waals surface area contributed by atoms with Crippen LogP contribution in [0.4, 0.5) is 0 Å². The maximum Gasteiger partial charge on any atom is 0.222 e. The predicted molar refractivity (Wildman–Crippen MR) is 87.3 cm³/mol. The van der Waals surface area contributed by atoms with Crippen LogP contribution in [-0.4, -0.2) is 35.8 Å². The lowest BCUT2D eigenvalue weighted by atomic mass is 10.0. The van der Waals surface area contributed by atoms with Gasteiger partial charge in [-0.15, -0.1) is 0 Å². The van der Waals surface area contributed by atoms with Crippen LogP contribution in [0.2, 0.25) is 0 Å². The summed E-state index contributed by atoms with van der Waals surface area (Å²) in [6.45, 7) is 5.29. The topological polar surface area (TPSA) is 49.4 Å². The summed E-state index contributed by atoms with van der Waals surface area (Å²) in [5, 5.41) is 3.06. The van der Waals surface area contributed by atoms with E-state index in [9.17, 15) is 9.59 Å². The van der Waals surface area contributed by atoms with Gasteiger partial charge in [-0.2, -0.15) is 0 Å². The zero-order chi connectivity index (χ0) is 15.9. The predicted octanol–water partition coefficient (Wildman–Crippen LogP) is 2.38. The highest BCUT2D eigenvalue weighted by Crippen LogP contribution is 2.13. The lowest BCUT2D eigenvalue weighted by molar-refractivity contribution is -0.132. The first kappa shape index (κ1) is 16.5. The van der Waals surface area contributed by atoms with Crippen LogP contribution in [0, 0.1) is 5.92 Å². The summed E-state index contributed by atoms with van der Waals surface area (Å²) in [6.07, 6.45) is 3.07. The quantitative estimate of drug-likeness (QED) is 0.908. The van der Waals surface area contributed by atoms with Gasteiger partial charge in [-0.1, -0.05) is 44.2 Å². The first-order valence-corrected chi connectivity index (χ1v) is 8.18. The Labute approximate surface area is 132 Å². The van der Waals surface area contributed by atoms with Crippen LogP contribution in [0.3, 0.4) is 0 Å². The van der Waals surface area contributed by atoms with Crippen molar-refractivity contribution in [3.05, 3.63) is 35.9 Å². The molecule has 1 aliphatic heterocycles. The van der Waals surface area contributed by atoms with Crippen molar-refractivity contribution in [1.82, 2.24) is 10.2 Å². The van der Waals surface area contributed by atoms with Gasteiger partial charge in [-0.05, 0) is 24.8 Å². The second-order valence-corrected chi connectivity index (χ2v) is 6.30. The minimum atomic E-state index is 0.0190. The first-order chi connectivity index (χ1) is 10.6. The molecule has 0 saturated carbocycles. The Morgan fingerprint density at radius 2 is 1.82 bits per heavy atom. The fourth-order valence-corrected chi connectivity index (χ4v) is 2.70. The van der Waals surface area contributed by atoms with E-state index in [-0.39, 0.29) is 23.8 Å². The molecule has 1 aromatic rings. The molecule has 0 spiro atoms. The lowest BCUT2D eigenvalue weighted by Crippen LogP contribution is -2.47. The van der Waals surface area contributed by atoms with Crippen LogP contribution in [0.25, 0.3) is 0 Å². The number of nitrogens with zero attached hydrogens (tertiary/aromatic N) is 1. The number of nitrogens with one attached hydrogen (secondary N) is 1. The number of aryl methyl sites for hydroxylation is 1. The SMILES string of the molecule is CC(C)C(=O)NC1CCN(C(=O)CCc2ccccc2)CC1. The van der Waals surface area contributed by atoms with Gasteiger partial charge in [0.15, 0.2) is 0 Å². The van der Waals surface area contributed by atoms with E-state index in [2.05, 4.69) is 17.4 Å². The highest BCUT2D eigenvalue weighted by molar-refractivity contribution is 5.78. The van der Waals surface area contributed by atoms with E-state index in [4.69, 9.17) is 0 Å². The van der Waals surface area contributed by atoms with E-state index in [0.717, 1.165) is 32.4 Å². The van der Waals surface area contributed by atoms with Crippen LogP contribution in [0.5, 0.6) is 0 Å². The fraction of sp³-hybridized carbons (Fsp3) is 0.556. The number of piperidine rings is 1. The molecule has 1 N–H and O–H groups in total. The molecule has 1 saturated heterocycles. The summed E-state index contributed by atoms with van der Waals surface area (Å²) in [7, 11) is 0. The van der Waals surface area contributed by atoms with Crippen molar-refractivity contribution in [3.8, 4) is 0 Å². The van der Waals surface area contributed by atoms with E-state index in [1.165, 1.54) is 5.56 Å². The number of hydrogen-bond acceptors (Lipinski definition) is 2. The van der Waals surface area contributed by atoms with Gasteiger partial charge in [0, 0.05) is 31.5 Å².